The third-order valence-electron chi connectivity index (χ3n) is 7.00. The lowest BCUT2D eigenvalue weighted by molar-refractivity contribution is 0.0119. The number of thiazole rings is 1. The lowest BCUT2D eigenvalue weighted by Crippen LogP contribution is -2.45. The van der Waals surface area contributed by atoms with E-state index in [2.05, 4.69) is 47.0 Å². The van der Waals surface area contributed by atoms with Gasteiger partial charge in [-0.2, -0.15) is 4.98 Å². The Bertz CT molecular complexity index is 1280. The predicted octanol–water partition coefficient (Wildman–Crippen LogP) is 4.05. The van der Waals surface area contributed by atoms with E-state index in [9.17, 15) is 4.79 Å². The number of rotatable bonds is 8. The number of carbonyl (C=O) groups is 1. The van der Waals surface area contributed by atoms with Gasteiger partial charge in [0.05, 0.1) is 10.6 Å². The van der Waals surface area contributed by atoms with E-state index in [-0.39, 0.29) is 12.2 Å². The Labute approximate surface area is 245 Å². The van der Waals surface area contributed by atoms with Gasteiger partial charge in [0.1, 0.15) is 11.7 Å². The van der Waals surface area contributed by atoms with Crippen LogP contribution >= 0.6 is 11.3 Å². The third-order valence-corrected chi connectivity index (χ3v) is 7.94. The second kappa shape index (κ2) is 13.0. The minimum atomic E-state index is -0.507. The summed E-state index contributed by atoms with van der Waals surface area (Å²) in [6.45, 7) is 15.3. The van der Waals surface area contributed by atoms with Crippen LogP contribution in [0.25, 0.3) is 10.6 Å². The summed E-state index contributed by atoms with van der Waals surface area (Å²) in [5.74, 6) is 0.509. The number of amides is 1. The van der Waals surface area contributed by atoms with Gasteiger partial charge < -0.3 is 24.6 Å². The summed E-state index contributed by atoms with van der Waals surface area (Å²) in [6, 6.07) is 2.15. The van der Waals surface area contributed by atoms with Crippen molar-refractivity contribution in [1.82, 2.24) is 39.6 Å². The first kappa shape index (κ1) is 29.1. The molecule has 0 bridgehead atoms. The van der Waals surface area contributed by atoms with Gasteiger partial charge in [-0.15, -0.1) is 0 Å². The Hall–Kier alpha value is -3.42. The highest BCUT2D eigenvalue weighted by Crippen LogP contribution is 2.30. The Morgan fingerprint density at radius 2 is 1.71 bits per heavy atom. The van der Waals surface area contributed by atoms with Gasteiger partial charge in [0.15, 0.2) is 5.13 Å². The quantitative estimate of drug-likeness (QED) is 0.415. The molecule has 2 aliphatic heterocycles. The van der Waals surface area contributed by atoms with Crippen molar-refractivity contribution in [2.45, 2.75) is 58.8 Å². The molecule has 2 aliphatic rings. The number of ether oxygens (including phenoxy) is 2. The number of piperazine rings is 1. The van der Waals surface area contributed by atoms with E-state index in [0.717, 1.165) is 55.4 Å². The molecule has 0 unspecified atom stereocenters. The average Bonchev–Trinajstić information content (AvgIpc) is 3.43. The van der Waals surface area contributed by atoms with Gasteiger partial charge in [0, 0.05) is 89.0 Å². The second-order valence-electron chi connectivity index (χ2n) is 11.3. The van der Waals surface area contributed by atoms with Gasteiger partial charge in [-0.05, 0) is 33.4 Å². The standard InChI is InChI=1S/C28H39N9O3S/c1-5-35-12-14-36(15-13-35)19-20-16-30-24(31-17-20)34-26-32-18-23(41-26)22-6-9-29-25(33-22)39-21-7-10-37(11-8-21)27(38)40-28(2,3)4/h6,9,16-18,21H,5,7-8,10-15,19H2,1-4H3,(H,30,31,32,34). The maximum Gasteiger partial charge on any atom is 0.410 e. The van der Waals surface area contributed by atoms with Crippen LogP contribution in [0.4, 0.5) is 15.9 Å². The van der Waals surface area contributed by atoms with E-state index in [1.54, 1.807) is 17.3 Å². The zero-order valence-corrected chi connectivity index (χ0v) is 25.1. The number of nitrogens with one attached hydrogen (secondary N) is 1. The van der Waals surface area contributed by atoms with Crippen molar-refractivity contribution in [2.75, 3.05) is 51.1 Å². The Morgan fingerprint density at radius 3 is 2.39 bits per heavy atom. The number of nitrogens with zero attached hydrogens (tertiary/aromatic N) is 8. The van der Waals surface area contributed by atoms with Crippen LogP contribution in [-0.4, -0.2) is 103 Å². The fourth-order valence-corrected chi connectivity index (χ4v) is 5.52. The highest BCUT2D eigenvalue weighted by molar-refractivity contribution is 7.18. The van der Waals surface area contributed by atoms with E-state index < -0.39 is 5.60 Å². The van der Waals surface area contributed by atoms with Gasteiger partial charge in [0.2, 0.25) is 5.95 Å². The predicted molar refractivity (Wildman–Crippen MR) is 157 cm³/mol. The molecule has 5 rings (SSSR count). The molecule has 5 heterocycles. The summed E-state index contributed by atoms with van der Waals surface area (Å²) in [5.41, 5.74) is 1.32. The first-order chi connectivity index (χ1) is 19.7. The number of carbonyl (C=O) groups excluding carboxylic acids is 1. The molecule has 0 aromatic carbocycles. The maximum absolute atomic E-state index is 12.3. The van der Waals surface area contributed by atoms with E-state index >= 15 is 0 Å². The Balaban J connectivity index is 1.11. The van der Waals surface area contributed by atoms with Crippen molar-refractivity contribution in [2.24, 2.45) is 0 Å². The summed E-state index contributed by atoms with van der Waals surface area (Å²) in [6.07, 6.45) is 8.23. The highest BCUT2D eigenvalue weighted by Gasteiger charge is 2.28. The molecule has 220 valence electrons. The molecule has 0 saturated carbocycles. The topological polar surface area (TPSA) is 122 Å². The summed E-state index contributed by atoms with van der Waals surface area (Å²) in [7, 11) is 0. The van der Waals surface area contributed by atoms with Crippen LogP contribution in [0.1, 0.15) is 46.1 Å². The molecular formula is C28H39N9O3S. The average molecular weight is 582 g/mol. The summed E-state index contributed by atoms with van der Waals surface area (Å²) < 4.78 is 11.5. The smallest absolute Gasteiger partial charge is 0.410 e. The molecule has 2 saturated heterocycles. The number of hydrogen-bond acceptors (Lipinski definition) is 12. The molecule has 0 spiro atoms. The fraction of sp³-hybridized carbons (Fsp3) is 0.571. The van der Waals surface area contributed by atoms with Crippen LogP contribution in [0.3, 0.4) is 0 Å². The van der Waals surface area contributed by atoms with Gasteiger partial charge in [-0.25, -0.2) is 24.7 Å². The summed E-state index contributed by atoms with van der Waals surface area (Å²) >= 11 is 1.46. The number of likely N-dealkylation sites (N-methyl/N-ethyl adjacent to an activating group) is 1. The molecule has 41 heavy (non-hydrogen) atoms. The van der Waals surface area contributed by atoms with Crippen molar-refractivity contribution < 1.29 is 14.3 Å². The van der Waals surface area contributed by atoms with Gasteiger partial charge in [-0.1, -0.05) is 18.3 Å². The van der Waals surface area contributed by atoms with E-state index in [1.807, 2.05) is 39.2 Å². The fourth-order valence-electron chi connectivity index (χ4n) is 4.74. The normalized spacial score (nSPS) is 17.4. The van der Waals surface area contributed by atoms with Gasteiger partial charge in [0.25, 0.3) is 0 Å². The minimum absolute atomic E-state index is 0.0660. The summed E-state index contributed by atoms with van der Waals surface area (Å²) in [4.78, 5) is 42.2. The number of piperidine rings is 1. The first-order valence-electron chi connectivity index (χ1n) is 14.2. The molecule has 12 nitrogen and oxygen atoms in total. The molecule has 3 aromatic heterocycles. The van der Waals surface area contributed by atoms with Crippen molar-refractivity contribution in [3.05, 3.63) is 36.4 Å². The molecule has 13 heteroatoms. The summed E-state index contributed by atoms with van der Waals surface area (Å²) in [5, 5.41) is 3.87. The van der Waals surface area contributed by atoms with Crippen LogP contribution in [0.15, 0.2) is 30.9 Å². The monoisotopic (exact) mass is 581 g/mol. The van der Waals surface area contributed by atoms with Gasteiger partial charge in [-0.3, -0.25) is 4.90 Å². The first-order valence-corrected chi connectivity index (χ1v) is 15.0. The van der Waals surface area contributed by atoms with Crippen LogP contribution in [-0.2, 0) is 11.3 Å². The van der Waals surface area contributed by atoms with E-state index in [4.69, 9.17) is 9.47 Å². The molecule has 0 atom stereocenters. The van der Waals surface area contributed by atoms with Crippen molar-refractivity contribution >= 4 is 28.5 Å². The van der Waals surface area contributed by atoms with Crippen molar-refractivity contribution in [1.29, 1.82) is 0 Å². The second-order valence-corrected chi connectivity index (χ2v) is 12.3. The molecule has 0 radical (unpaired) electrons. The SMILES string of the molecule is CCN1CCN(Cc2cnc(Nc3ncc(-c4ccnc(OC5CCN(C(=O)OC(C)(C)C)CC5)n4)s3)nc2)CC1. The molecule has 0 aliphatic carbocycles. The molecular weight excluding hydrogens is 542 g/mol. The van der Waals surface area contributed by atoms with E-state index in [0.29, 0.717) is 43.0 Å². The van der Waals surface area contributed by atoms with Crippen LogP contribution in [0.5, 0.6) is 6.01 Å². The third kappa shape index (κ3) is 8.30. The Kier molecular flexibility index (Phi) is 9.25. The number of hydrogen-bond donors (Lipinski definition) is 1. The zero-order valence-electron chi connectivity index (χ0n) is 24.2. The van der Waals surface area contributed by atoms with Crippen molar-refractivity contribution in [3.63, 3.8) is 0 Å². The lowest BCUT2D eigenvalue weighted by Gasteiger charge is -2.33. The van der Waals surface area contributed by atoms with Crippen LogP contribution in [0, 0.1) is 0 Å². The Morgan fingerprint density at radius 1 is 1.00 bits per heavy atom. The lowest BCUT2D eigenvalue weighted by atomic mass is 10.1. The number of aromatic nitrogens is 5. The van der Waals surface area contributed by atoms with E-state index in [1.165, 1.54) is 11.3 Å². The minimum Gasteiger partial charge on any atom is -0.460 e. The highest BCUT2D eigenvalue weighted by atomic mass is 32.1. The van der Waals surface area contributed by atoms with Crippen molar-refractivity contribution in [3.8, 4) is 16.6 Å². The van der Waals surface area contributed by atoms with Crippen LogP contribution < -0.4 is 10.1 Å². The largest absolute Gasteiger partial charge is 0.460 e. The zero-order chi connectivity index (χ0) is 28.8. The molecule has 2 fully saturated rings. The number of likely N-dealkylation sites (tertiary alicyclic amines) is 1. The van der Waals surface area contributed by atoms with Crippen LogP contribution in [0.2, 0.25) is 0 Å². The van der Waals surface area contributed by atoms with Gasteiger partial charge >= 0.3 is 12.1 Å². The molecule has 1 N–H and O–H groups in total. The molecule has 3 aromatic rings. The number of anilines is 2. The molecule has 1 amide bonds. The maximum atomic E-state index is 12.3.